The molecule has 1 unspecified atom stereocenters. The van der Waals surface area contributed by atoms with Gasteiger partial charge in [-0.2, -0.15) is 0 Å². The van der Waals surface area contributed by atoms with Crippen molar-refractivity contribution in [2.24, 2.45) is 5.41 Å². The van der Waals surface area contributed by atoms with Gasteiger partial charge in [0, 0.05) is 17.7 Å². The molecule has 4 atom stereocenters. The molecular formula is C12H15FN2O3. The molecule has 0 spiro atoms. The highest BCUT2D eigenvalue weighted by Gasteiger charge is 2.79. The minimum atomic E-state index is -1.50. The molecule has 1 aromatic heterocycles. The molecule has 0 amide bonds. The van der Waals surface area contributed by atoms with Crippen LogP contribution in [0.5, 0.6) is 0 Å². The number of H-pyrrole nitrogens is 1. The first kappa shape index (κ1) is 11.6. The number of halogens is 1. The molecule has 1 aliphatic heterocycles. The Balaban J connectivity index is 2.04. The lowest BCUT2D eigenvalue weighted by atomic mass is 9.98. The molecule has 2 heterocycles. The normalized spacial score (nSPS) is 41.7. The molecular weight excluding hydrogens is 239 g/mol. The van der Waals surface area contributed by atoms with Crippen molar-refractivity contribution >= 4 is 0 Å². The number of ether oxygens (including phenoxy) is 1. The van der Waals surface area contributed by atoms with Crippen molar-refractivity contribution in [2.45, 2.75) is 44.7 Å². The topological polar surface area (TPSA) is 64.1 Å². The van der Waals surface area contributed by atoms with E-state index < -0.39 is 28.6 Å². The maximum absolute atomic E-state index is 14.8. The fourth-order valence-corrected chi connectivity index (χ4v) is 3.10. The molecule has 98 valence electrons. The summed E-state index contributed by atoms with van der Waals surface area (Å²) < 4.78 is 21.6. The minimum Gasteiger partial charge on any atom is -0.350 e. The van der Waals surface area contributed by atoms with E-state index in [0.717, 1.165) is 4.57 Å². The van der Waals surface area contributed by atoms with Gasteiger partial charge in [-0.25, -0.2) is 9.18 Å². The van der Waals surface area contributed by atoms with Crippen LogP contribution in [0.25, 0.3) is 0 Å². The number of nitrogens with zero attached hydrogens (tertiary/aromatic N) is 1. The van der Waals surface area contributed by atoms with Crippen molar-refractivity contribution in [1.29, 1.82) is 0 Å². The maximum atomic E-state index is 14.8. The third-order valence-electron chi connectivity index (χ3n) is 4.32. The Hall–Kier alpha value is -1.43. The van der Waals surface area contributed by atoms with E-state index in [9.17, 15) is 14.0 Å². The molecule has 0 bridgehead atoms. The number of aromatic amines is 1. The van der Waals surface area contributed by atoms with Gasteiger partial charge >= 0.3 is 5.69 Å². The van der Waals surface area contributed by atoms with E-state index >= 15 is 0 Å². The van der Waals surface area contributed by atoms with E-state index in [2.05, 4.69) is 4.98 Å². The third kappa shape index (κ3) is 1.24. The number of alkyl halides is 1. The lowest BCUT2D eigenvalue weighted by Gasteiger charge is -2.20. The SMILES string of the molecule is CC[C@H]1OC(n2ccc(=O)[nH]c2=O)[C@@]2(F)C[C@]12C. The molecule has 2 fully saturated rings. The van der Waals surface area contributed by atoms with Gasteiger partial charge in [0.25, 0.3) is 5.56 Å². The summed E-state index contributed by atoms with van der Waals surface area (Å²) in [5.41, 5.74) is -3.14. The number of hydrogen-bond donors (Lipinski definition) is 1. The van der Waals surface area contributed by atoms with Gasteiger partial charge in [0.05, 0.1) is 6.10 Å². The number of fused-ring (bicyclic) bond motifs is 1. The van der Waals surface area contributed by atoms with Crippen LogP contribution in [0.2, 0.25) is 0 Å². The van der Waals surface area contributed by atoms with Crippen LogP contribution < -0.4 is 11.2 Å². The smallest absolute Gasteiger partial charge is 0.330 e. The minimum absolute atomic E-state index is 0.189. The van der Waals surface area contributed by atoms with Crippen LogP contribution in [-0.2, 0) is 4.74 Å². The number of nitrogens with one attached hydrogen (secondary N) is 1. The summed E-state index contributed by atoms with van der Waals surface area (Å²) in [5.74, 6) is 0. The van der Waals surface area contributed by atoms with Gasteiger partial charge in [0.2, 0.25) is 0 Å². The van der Waals surface area contributed by atoms with Crippen molar-refractivity contribution < 1.29 is 9.13 Å². The molecule has 1 N–H and O–H groups in total. The number of aromatic nitrogens is 2. The quantitative estimate of drug-likeness (QED) is 0.855. The first-order valence-electron chi connectivity index (χ1n) is 6.08. The predicted octanol–water partition coefficient (Wildman–Crippen LogP) is 0.962. The molecule has 1 saturated heterocycles. The van der Waals surface area contributed by atoms with Crippen LogP contribution in [0.3, 0.4) is 0 Å². The van der Waals surface area contributed by atoms with Crippen molar-refractivity contribution in [2.75, 3.05) is 0 Å². The average Bonchev–Trinajstić information content (AvgIpc) is 2.79. The molecule has 2 aliphatic rings. The molecule has 1 aromatic rings. The van der Waals surface area contributed by atoms with Crippen LogP contribution in [0.1, 0.15) is 32.9 Å². The Bertz CT molecular complexity index is 610. The van der Waals surface area contributed by atoms with E-state index in [1.54, 1.807) is 0 Å². The van der Waals surface area contributed by atoms with Crippen molar-refractivity contribution in [3.8, 4) is 0 Å². The highest BCUT2D eigenvalue weighted by molar-refractivity contribution is 5.24. The third-order valence-corrected chi connectivity index (χ3v) is 4.32. The summed E-state index contributed by atoms with van der Waals surface area (Å²) in [4.78, 5) is 24.8. The van der Waals surface area contributed by atoms with Gasteiger partial charge in [-0.15, -0.1) is 0 Å². The first-order chi connectivity index (χ1) is 8.42. The second kappa shape index (κ2) is 3.32. The van der Waals surface area contributed by atoms with Crippen LogP contribution in [0.4, 0.5) is 4.39 Å². The zero-order valence-electron chi connectivity index (χ0n) is 10.3. The molecule has 0 aromatic carbocycles. The van der Waals surface area contributed by atoms with Gasteiger partial charge in [0.1, 0.15) is 0 Å². The maximum Gasteiger partial charge on any atom is 0.330 e. The molecule has 1 aliphatic carbocycles. The average molecular weight is 254 g/mol. The lowest BCUT2D eigenvalue weighted by Crippen LogP contribution is -2.36. The summed E-state index contributed by atoms with van der Waals surface area (Å²) in [6.07, 6.45) is 1.28. The van der Waals surface area contributed by atoms with Gasteiger partial charge in [-0.05, 0) is 12.8 Å². The van der Waals surface area contributed by atoms with Crippen LogP contribution >= 0.6 is 0 Å². The van der Waals surface area contributed by atoms with E-state index in [0.29, 0.717) is 12.8 Å². The molecule has 6 heteroatoms. The molecule has 3 rings (SSSR count). The van der Waals surface area contributed by atoms with Gasteiger partial charge in [-0.3, -0.25) is 14.3 Å². The highest BCUT2D eigenvalue weighted by Crippen LogP contribution is 2.72. The Morgan fingerprint density at radius 1 is 1.61 bits per heavy atom. The number of hydrogen-bond acceptors (Lipinski definition) is 3. The van der Waals surface area contributed by atoms with Crippen LogP contribution in [0.15, 0.2) is 21.9 Å². The highest BCUT2D eigenvalue weighted by atomic mass is 19.1. The second-order valence-electron chi connectivity index (χ2n) is 5.36. The van der Waals surface area contributed by atoms with E-state index in [1.807, 2.05) is 13.8 Å². The Labute approximate surface area is 103 Å². The summed E-state index contributed by atoms with van der Waals surface area (Å²) in [7, 11) is 0. The van der Waals surface area contributed by atoms with Gasteiger partial charge in [0.15, 0.2) is 11.9 Å². The molecule has 1 saturated carbocycles. The van der Waals surface area contributed by atoms with Gasteiger partial charge < -0.3 is 4.74 Å². The predicted molar refractivity (Wildman–Crippen MR) is 62.1 cm³/mol. The zero-order valence-corrected chi connectivity index (χ0v) is 10.3. The van der Waals surface area contributed by atoms with Gasteiger partial charge in [-0.1, -0.05) is 13.8 Å². The Morgan fingerprint density at radius 3 is 2.89 bits per heavy atom. The largest absolute Gasteiger partial charge is 0.350 e. The fourth-order valence-electron chi connectivity index (χ4n) is 3.10. The number of rotatable bonds is 2. The standard InChI is InChI=1S/C12H15FN2O3/c1-3-7-11(2)6-12(11,13)9(18-7)15-5-4-8(16)14-10(15)17/h4-5,7,9H,3,6H2,1-2H3,(H,14,16,17)/t7-,9?,11-,12+/m1/s1. The lowest BCUT2D eigenvalue weighted by molar-refractivity contribution is -0.0609. The van der Waals surface area contributed by atoms with Crippen molar-refractivity contribution in [3.63, 3.8) is 0 Å². The van der Waals surface area contributed by atoms with E-state index in [4.69, 9.17) is 4.74 Å². The summed E-state index contributed by atoms with van der Waals surface area (Å²) in [5, 5.41) is 0. The Kier molecular flexibility index (Phi) is 2.15. The Morgan fingerprint density at radius 2 is 2.33 bits per heavy atom. The van der Waals surface area contributed by atoms with Crippen LogP contribution in [0, 0.1) is 5.41 Å². The summed E-state index contributed by atoms with van der Waals surface area (Å²) in [6.45, 7) is 3.78. The van der Waals surface area contributed by atoms with Crippen molar-refractivity contribution in [3.05, 3.63) is 33.1 Å². The summed E-state index contributed by atoms with van der Waals surface area (Å²) >= 11 is 0. The monoisotopic (exact) mass is 254 g/mol. The van der Waals surface area contributed by atoms with E-state index in [-0.39, 0.29) is 6.10 Å². The molecule has 5 nitrogen and oxygen atoms in total. The second-order valence-corrected chi connectivity index (χ2v) is 5.36. The molecule has 0 radical (unpaired) electrons. The molecule has 18 heavy (non-hydrogen) atoms. The van der Waals surface area contributed by atoms with Crippen LogP contribution in [-0.4, -0.2) is 21.3 Å². The summed E-state index contributed by atoms with van der Waals surface area (Å²) in [6, 6.07) is 1.20. The van der Waals surface area contributed by atoms with E-state index in [1.165, 1.54) is 12.3 Å². The van der Waals surface area contributed by atoms with Crippen molar-refractivity contribution in [1.82, 2.24) is 9.55 Å². The zero-order chi connectivity index (χ0) is 13.1. The fraction of sp³-hybridized carbons (Fsp3) is 0.667. The first-order valence-corrected chi connectivity index (χ1v) is 6.08.